The van der Waals surface area contributed by atoms with Gasteiger partial charge in [-0.25, -0.2) is 19.5 Å². The highest BCUT2D eigenvalue weighted by Gasteiger charge is 2.26. The number of nitrogens with zero attached hydrogens (tertiary/aromatic N) is 5. The molecule has 176 valence electrons. The van der Waals surface area contributed by atoms with Gasteiger partial charge in [0.15, 0.2) is 11.3 Å². The summed E-state index contributed by atoms with van der Waals surface area (Å²) in [4.78, 5) is 19.3. The van der Waals surface area contributed by atoms with Crippen LogP contribution in [0.4, 0.5) is 0 Å². The lowest BCUT2D eigenvalue weighted by Crippen LogP contribution is -2.32. The minimum atomic E-state index is -0.172. The Morgan fingerprint density at radius 3 is 1.97 bits per heavy atom. The third-order valence-electron chi connectivity index (χ3n) is 6.28. The number of aromatic nitrogens is 5. The number of aryl methyl sites for hydroxylation is 3. The zero-order chi connectivity index (χ0) is 25.0. The zero-order valence-corrected chi connectivity index (χ0v) is 22.2. The van der Waals surface area contributed by atoms with Crippen molar-refractivity contribution in [2.24, 2.45) is 7.05 Å². The summed E-state index contributed by atoms with van der Waals surface area (Å²) in [7, 11) is 2.06. The second kappa shape index (κ2) is 8.23. The van der Waals surface area contributed by atoms with Crippen LogP contribution in [0.25, 0.3) is 33.5 Å². The van der Waals surface area contributed by atoms with E-state index >= 15 is 0 Å². The van der Waals surface area contributed by atoms with Crippen LogP contribution in [0.5, 0.6) is 0 Å². The van der Waals surface area contributed by atoms with Crippen LogP contribution in [0.2, 0.25) is 0 Å². The molecule has 4 rings (SSSR count). The largest absolute Gasteiger partial charge is 0.287 e. The Morgan fingerprint density at radius 1 is 0.765 bits per heavy atom. The molecule has 2 aromatic carbocycles. The third-order valence-corrected chi connectivity index (χ3v) is 6.28. The maximum atomic E-state index is 4.88. The van der Waals surface area contributed by atoms with Gasteiger partial charge in [-0.3, -0.25) is 0 Å². The Labute approximate surface area is 203 Å². The minimum absolute atomic E-state index is 0.172. The van der Waals surface area contributed by atoms with Crippen molar-refractivity contribution in [3.63, 3.8) is 0 Å². The fourth-order valence-electron chi connectivity index (χ4n) is 4.17. The van der Waals surface area contributed by atoms with Gasteiger partial charge in [0.25, 0.3) is 6.33 Å². The molecule has 4 aromatic rings. The maximum Gasteiger partial charge on any atom is 0.287 e. The number of hydrogen-bond acceptors (Lipinski definition) is 4. The summed E-state index contributed by atoms with van der Waals surface area (Å²) in [6.45, 7) is 19.3. The van der Waals surface area contributed by atoms with Crippen LogP contribution < -0.4 is 4.57 Å². The van der Waals surface area contributed by atoms with Gasteiger partial charge in [0.2, 0.25) is 0 Å². The fraction of sp³-hybridized carbons (Fsp3) is 0.414. The predicted molar refractivity (Wildman–Crippen MR) is 139 cm³/mol. The summed E-state index contributed by atoms with van der Waals surface area (Å²) in [6.07, 6.45) is 1.90. The quantitative estimate of drug-likeness (QED) is 0.344. The smallest absolute Gasteiger partial charge is 0.232 e. The highest BCUT2D eigenvalue weighted by atomic mass is 15.1. The highest BCUT2D eigenvalue weighted by molar-refractivity contribution is 5.93. The summed E-state index contributed by atoms with van der Waals surface area (Å²) in [5, 5.41) is 1.11. The first-order valence-corrected chi connectivity index (χ1v) is 11.9. The van der Waals surface area contributed by atoms with Crippen molar-refractivity contribution in [2.75, 3.05) is 0 Å². The van der Waals surface area contributed by atoms with E-state index in [1.54, 1.807) is 0 Å². The summed E-state index contributed by atoms with van der Waals surface area (Å²) in [6, 6.07) is 10.9. The molecule has 2 heterocycles. The number of benzene rings is 2. The molecule has 0 spiro atoms. The van der Waals surface area contributed by atoms with E-state index in [2.05, 4.69) is 104 Å². The number of hydrogen-bond donors (Lipinski definition) is 0. The molecule has 5 nitrogen and oxygen atoms in total. The Kier molecular flexibility index (Phi) is 5.79. The third kappa shape index (κ3) is 4.44. The molecule has 0 saturated carbocycles. The Morgan fingerprint density at radius 2 is 1.38 bits per heavy atom. The second-order valence-electron chi connectivity index (χ2n) is 11.5. The molecule has 0 saturated heterocycles. The highest BCUT2D eigenvalue weighted by Crippen LogP contribution is 2.32. The van der Waals surface area contributed by atoms with E-state index < -0.39 is 0 Å². The second-order valence-corrected chi connectivity index (χ2v) is 11.5. The molecule has 5 heteroatoms. The Hall–Kier alpha value is -3.21. The molecule has 2 aromatic heterocycles. The van der Waals surface area contributed by atoms with Crippen LogP contribution in [-0.4, -0.2) is 19.9 Å². The van der Waals surface area contributed by atoms with Gasteiger partial charge >= 0.3 is 0 Å². The first kappa shape index (κ1) is 23.9. The molecule has 0 atom stereocenters. The van der Waals surface area contributed by atoms with E-state index in [0.29, 0.717) is 5.82 Å². The predicted octanol–water partition coefficient (Wildman–Crippen LogP) is 6.10. The normalized spacial score (nSPS) is 12.4. The summed E-state index contributed by atoms with van der Waals surface area (Å²) < 4.78 is 2.11. The average Bonchev–Trinajstić information content (AvgIpc) is 2.74. The van der Waals surface area contributed by atoms with Crippen molar-refractivity contribution in [1.29, 1.82) is 0 Å². The monoisotopic (exact) mass is 454 g/mol. The van der Waals surface area contributed by atoms with Gasteiger partial charge in [-0.2, -0.15) is 0 Å². The number of fused-ring (bicyclic) bond motifs is 1. The van der Waals surface area contributed by atoms with Crippen molar-refractivity contribution >= 4 is 10.9 Å². The molecule has 0 N–H and O–H groups in total. The first-order chi connectivity index (χ1) is 15.8. The molecule has 0 fully saturated rings. The van der Waals surface area contributed by atoms with Gasteiger partial charge in [0.1, 0.15) is 17.3 Å². The molecular formula is C29H36N5+. The first-order valence-electron chi connectivity index (χ1n) is 11.9. The van der Waals surface area contributed by atoms with E-state index in [9.17, 15) is 0 Å². The topological polar surface area (TPSA) is 55.4 Å². The molecule has 0 unspecified atom stereocenters. The van der Waals surface area contributed by atoms with Gasteiger partial charge in [0, 0.05) is 28.0 Å². The number of rotatable bonds is 2. The lowest BCUT2D eigenvalue weighted by atomic mass is 9.92. The van der Waals surface area contributed by atoms with E-state index in [-0.39, 0.29) is 10.8 Å². The molecule has 0 aliphatic rings. The average molecular weight is 455 g/mol. The maximum absolute atomic E-state index is 4.88. The van der Waals surface area contributed by atoms with Crippen molar-refractivity contribution < 1.29 is 4.57 Å². The fourth-order valence-corrected chi connectivity index (χ4v) is 4.17. The van der Waals surface area contributed by atoms with E-state index in [1.165, 1.54) is 27.9 Å². The van der Waals surface area contributed by atoms with Crippen LogP contribution in [0.1, 0.15) is 69.9 Å². The minimum Gasteiger partial charge on any atom is -0.232 e. The van der Waals surface area contributed by atoms with Gasteiger partial charge in [0.05, 0.1) is 12.4 Å². The molecule has 0 aliphatic heterocycles. The standard InChI is InChI=1S/C29H36N5/c1-17-13-18(2)19(3)22(14-17)24-21-12-11-20(15-23(21)30-16-34(24)10)25-31-26(28(4,5)6)33-27(32-25)29(7,8)9/h11-16H,1-10H3/q+1. The van der Waals surface area contributed by atoms with Crippen molar-refractivity contribution in [3.8, 4) is 22.6 Å². The summed E-state index contributed by atoms with van der Waals surface area (Å²) in [5.41, 5.74) is 7.80. The molecule has 0 aliphatic carbocycles. The summed E-state index contributed by atoms with van der Waals surface area (Å²) >= 11 is 0. The van der Waals surface area contributed by atoms with Crippen molar-refractivity contribution in [1.82, 2.24) is 19.9 Å². The van der Waals surface area contributed by atoms with Crippen molar-refractivity contribution in [2.45, 2.75) is 73.1 Å². The van der Waals surface area contributed by atoms with Gasteiger partial charge in [-0.1, -0.05) is 59.2 Å². The molecule has 0 radical (unpaired) electrons. The molecular weight excluding hydrogens is 418 g/mol. The van der Waals surface area contributed by atoms with Crippen LogP contribution in [-0.2, 0) is 17.9 Å². The van der Waals surface area contributed by atoms with Crippen LogP contribution in [0.3, 0.4) is 0 Å². The van der Waals surface area contributed by atoms with Crippen molar-refractivity contribution in [3.05, 3.63) is 65.0 Å². The van der Waals surface area contributed by atoms with Crippen LogP contribution in [0, 0.1) is 20.8 Å². The SMILES string of the molecule is Cc1cc(C)c(C)c(-c2c3ccc(-c4nc(C(C)(C)C)nc(C(C)(C)C)n4)cc3nc[n+]2C)c1. The Bertz CT molecular complexity index is 1370. The van der Waals surface area contributed by atoms with E-state index in [0.717, 1.165) is 28.1 Å². The van der Waals surface area contributed by atoms with Gasteiger partial charge in [-0.15, -0.1) is 0 Å². The lowest BCUT2D eigenvalue weighted by Gasteiger charge is -2.22. The lowest BCUT2D eigenvalue weighted by molar-refractivity contribution is -0.662. The Balaban J connectivity index is 1.95. The molecule has 0 bridgehead atoms. The molecule has 34 heavy (non-hydrogen) atoms. The van der Waals surface area contributed by atoms with Gasteiger partial charge in [-0.05, 0) is 49.0 Å². The summed E-state index contributed by atoms with van der Waals surface area (Å²) in [5.74, 6) is 2.31. The van der Waals surface area contributed by atoms with Crippen LogP contribution >= 0.6 is 0 Å². The molecule has 0 amide bonds. The van der Waals surface area contributed by atoms with E-state index in [4.69, 9.17) is 19.9 Å². The zero-order valence-electron chi connectivity index (χ0n) is 22.2. The van der Waals surface area contributed by atoms with Gasteiger partial charge < -0.3 is 0 Å². The van der Waals surface area contributed by atoms with Crippen LogP contribution in [0.15, 0.2) is 36.7 Å². The van der Waals surface area contributed by atoms with E-state index in [1.807, 2.05) is 6.33 Å².